The van der Waals surface area contributed by atoms with E-state index in [1.54, 1.807) is 6.92 Å². The summed E-state index contributed by atoms with van der Waals surface area (Å²) in [4.78, 5) is 24.7. The van der Waals surface area contributed by atoms with Crippen LogP contribution < -0.4 is 10.6 Å². The summed E-state index contributed by atoms with van der Waals surface area (Å²) in [6.07, 6.45) is 0. The van der Waals surface area contributed by atoms with Crippen LogP contribution in [0.3, 0.4) is 0 Å². The maximum Gasteiger partial charge on any atom is 0.379 e. The lowest BCUT2D eigenvalue weighted by molar-refractivity contribution is -0.152. The summed E-state index contributed by atoms with van der Waals surface area (Å²) in [7, 11) is 0. The number of thiocarbonyl (C=S) groups is 1. The van der Waals surface area contributed by atoms with Crippen molar-refractivity contribution in [3.05, 3.63) is 45.6 Å². The smallest absolute Gasteiger partial charge is 0.379 e. The van der Waals surface area contributed by atoms with Crippen molar-refractivity contribution >= 4 is 45.0 Å². The number of hydrogen-bond acceptors (Lipinski definition) is 4. The third kappa shape index (κ3) is 4.02. The van der Waals surface area contributed by atoms with E-state index in [4.69, 9.17) is 17.0 Å². The SMILES string of the molecule is CCOC(=O)C(=O)C1=C(C(C)C)NC(=S)N[C@@H]1c1ccc(Br)cc1. The molecule has 1 aliphatic rings. The maximum atomic E-state index is 12.7. The summed E-state index contributed by atoms with van der Waals surface area (Å²) in [5.41, 5.74) is 1.83. The Labute approximate surface area is 155 Å². The van der Waals surface area contributed by atoms with E-state index in [1.165, 1.54) is 0 Å². The number of allylic oxidation sites excluding steroid dienone is 1. The topological polar surface area (TPSA) is 67.4 Å². The second-order valence-electron chi connectivity index (χ2n) is 5.61. The zero-order chi connectivity index (χ0) is 17.9. The van der Waals surface area contributed by atoms with Crippen molar-refractivity contribution < 1.29 is 14.3 Å². The van der Waals surface area contributed by atoms with Crippen molar-refractivity contribution in [1.82, 2.24) is 10.6 Å². The second kappa shape index (κ2) is 7.90. The average molecular weight is 411 g/mol. The minimum absolute atomic E-state index is 0.00336. The monoisotopic (exact) mass is 410 g/mol. The van der Waals surface area contributed by atoms with Crippen LogP contribution in [0.5, 0.6) is 0 Å². The average Bonchev–Trinajstić information content (AvgIpc) is 2.54. The zero-order valence-corrected chi connectivity index (χ0v) is 16.1. The van der Waals surface area contributed by atoms with Crippen LogP contribution in [-0.2, 0) is 14.3 Å². The number of Topliss-reactive ketones (excluding diaryl/α,β-unsaturated/α-hetero) is 1. The fourth-order valence-electron chi connectivity index (χ4n) is 2.51. The molecule has 1 atom stereocenters. The maximum absolute atomic E-state index is 12.7. The Kier molecular flexibility index (Phi) is 6.12. The van der Waals surface area contributed by atoms with E-state index in [2.05, 4.69) is 26.6 Å². The number of nitrogens with one attached hydrogen (secondary N) is 2. The minimum atomic E-state index is -0.857. The molecule has 0 saturated heterocycles. The third-order valence-electron chi connectivity index (χ3n) is 3.59. The highest BCUT2D eigenvalue weighted by molar-refractivity contribution is 9.10. The zero-order valence-electron chi connectivity index (χ0n) is 13.7. The molecule has 0 aliphatic carbocycles. The van der Waals surface area contributed by atoms with Crippen LogP contribution in [0.15, 0.2) is 40.0 Å². The van der Waals surface area contributed by atoms with Crippen molar-refractivity contribution in [3.63, 3.8) is 0 Å². The van der Waals surface area contributed by atoms with Gasteiger partial charge in [0.15, 0.2) is 5.11 Å². The molecule has 128 valence electrons. The molecular formula is C17H19BrN2O3S. The Hall–Kier alpha value is -1.73. The van der Waals surface area contributed by atoms with Gasteiger partial charge in [0.25, 0.3) is 5.78 Å². The van der Waals surface area contributed by atoms with Crippen LogP contribution in [0.2, 0.25) is 0 Å². The summed E-state index contributed by atoms with van der Waals surface area (Å²) < 4.78 is 5.82. The Morgan fingerprint density at radius 2 is 1.92 bits per heavy atom. The van der Waals surface area contributed by atoms with E-state index in [1.807, 2.05) is 38.1 Å². The number of benzene rings is 1. The van der Waals surface area contributed by atoms with Crippen LogP contribution in [0.4, 0.5) is 0 Å². The third-order valence-corrected chi connectivity index (χ3v) is 4.34. The first-order valence-electron chi connectivity index (χ1n) is 7.63. The lowest BCUT2D eigenvalue weighted by atomic mass is 9.89. The number of rotatable bonds is 5. The Bertz CT molecular complexity index is 698. The number of halogens is 1. The van der Waals surface area contributed by atoms with Crippen molar-refractivity contribution in [1.29, 1.82) is 0 Å². The van der Waals surface area contributed by atoms with Gasteiger partial charge in [-0.05, 0) is 42.8 Å². The van der Waals surface area contributed by atoms with Crippen molar-refractivity contribution in [3.8, 4) is 0 Å². The van der Waals surface area contributed by atoms with Gasteiger partial charge in [0.2, 0.25) is 0 Å². The fourth-order valence-corrected chi connectivity index (χ4v) is 3.00. The van der Waals surface area contributed by atoms with Crippen molar-refractivity contribution in [2.24, 2.45) is 5.92 Å². The largest absolute Gasteiger partial charge is 0.460 e. The van der Waals surface area contributed by atoms with E-state index < -0.39 is 17.8 Å². The molecule has 0 aromatic heterocycles. The molecule has 24 heavy (non-hydrogen) atoms. The van der Waals surface area contributed by atoms with E-state index in [0.29, 0.717) is 16.4 Å². The van der Waals surface area contributed by atoms with Gasteiger partial charge < -0.3 is 15.4 Å². The van der Waals surface area contributed by atoms with Gasteiger partial charge in [0.1, 0.15) is 0 Å². The van der Waals surface area contributed by atoms with Crippen molar-refractivity contribution in [2.45, 2.75) is 26.8 Å². The molecule has 7 heteroatoms. The molecule has 0 saturated carbocycles. The molecule has 0 spiro atoms. The summed E-state index contributed by atoms with van der Waals surface area (Å²) in [5.74, 6) is -1.52. The van der Waals surface area contributed by atoms with Crippen molar-refractivity contribution in [2.75, 3.05) is 6.61 Å². The molecule has 2 N–H and O–H groups in total. The first-order chi connectivity index (χ1) is 11.3. The van der Waals surface area contributed by atoms with Gasteiger partial charge in [-0.25, -0.2) is 4.79 Å². The Morgan fingerprint density at radius 1 is 1.29 bits per heavy atom. The van der Waals surface area contributed by atoms with Crippen LogP contribution in [0.1, 0.15) is 32.4 Å². The summed E-state index contributed by atoms with van der Waals surface area (Å²) in [5, 5.41) is 6.52. The Morgan fingerprint density at radius 3 is 2.46 bits per heavy atom. The number of ketones is 1. The number of carbonyl (C=O) groups excluding carboxylic acids is 2. The lowest BCUT2D eigenvalue weighted by Crippen LogP contribution is -2.47. The predicted octanol–water partition coefficient (Wildman–Crippen LogP) is 3.01. The number of hydrogen-bond donors (Lipinski definition) is 2. The highest BCUT2D eigenvalue weighted by Gasteiger charge is 2.35. The number of carbonyl (C=O) groups is 2. The molecule has 2 rings (SSSR count). The van der Waals surface area contributed by atoms with E-state index >= 15 is 0 Å². The highest BCUT2D eigenvalue weighted by atomic mass is 79.9. The first-order valence-corrected chi connectivity index (χ1v) is 8.83. The molecule has 1 aliphatic heterocycles. The molecule has 1 aromatic rings. The lowest BCUT2D eigenvalue weighted by Gasteiger charge is -2.32. The van der Waals surface area contributed by atoms with Gasteiger partial charge in [-0.2, -0.15) is 0 Å². The van der Waals surface area contributed by atoms with Gasteiger partial charge in [-0.3, -0.25) is 4.79 Å². The normalized spacial score (nSPS) is 17.4. The van der Waals surface area contributed by atoms with Crippen LogP contribution in [0, 0.1) is 5.92 Å². The number of ether oxygens (including phenoxy) is 1. The quantitative estimate of drug-likeness (QED) is 0.441. The minimum Gasteiger partial charge on any atom is -0.460 e. The second-order valence-corrected chi connectivity index (χ2v) is 6.94. The highest BCUT2D eigenvalue weighted by Crippen LogP contribution is 2.31. The molecule has 5 nitrogen and oxygen atoms in total. The van der Waals surface area contributed by atoms with Gasteiger partial charge >= 0.3 is 5.97 Å². The molecule has 0 amide bonds. The van der Waals surface area contributed by atoms with Gasteiger partial charge in [-0.15, -0.1) is 0 Å². The summed E-state index contributed by atoms with van der Waals surface area (Å²) >= 11 is 8.66. The molecule has 0 radical (unpaired) electrons. The van der Waals surface area contributed by atoms with E-state index in [-0.39, 0.29) is 12.5 Å². The summed E-state index contributed by atoms with van der Waals surface area (Å²) in [6.45, 7) is 5.69. The Balaban J connectivity index is 2.55. The predicted molar refractivity (Wildman–Crippen MR) is 99.3 cm³/mol. The van der Waals surface area contributed by atoms with Crippen LogP contribution in [-0.4, -0.2) is 23.5 Å². The molecule has 0 unspecified atom stereocenters. The fraction of sp³-hybridized carbons (Fsp3) is 0.353. The molecule has 0 bridgehead atoms. The van der Waals surface area contributed by atoms with Gasteiger partial charge in [-0.1, -0.05) is 41.9 Å². The van der Waals surface area contributed by atoms with E-state index in [0.717, 1.165) is 10.0 Å². The molecule has 1 aromatic carbocycles. The summed E-state index contributed by atoms with van der Waals surface area (Å²) in [6, 6.07) is 7.02. The molecule has 1 heterocycles. The standard InChI is InChI=1S/C17H19BrN2O3S/c1-4-23-16(22)15(21)12-13(9(2)3)19-17(24)20-14(12)10-5-7-11(18)8-6-10/h5-9,14H,4H2,1-3H3,(H2,19,20,24)/t14-/m1/s1. The number of esters is 1. The van der Waals surface area contributed by atoms with Crippen LogP contribution >= 0.6 is 28.1 Å². The van der Waals surface area contributed by atoms with Gasteiger partial charge in [0.05, 0.1) is 18.2 Å². The first kappa shape index (κ1) is 18.6. The molecular weight excluding hydrogens is 392 g/mol. The van der Waals surface area contributed by atoms with E-state index in [9.17, 15) is 9.59 Å². The molecule has 0 fully saturated rings. The van der Waals surface area contributed by atoms with Gasteiger partial charge in [0, 0.05) is 10.2 Å². The van der Waals surface area contributed by atoms with Crippen LogP contribution in [0.25, 0.3) is 0 Å².